The highest BCUT2D eigenvalue weighted by molar-refractivity contribution is 6.74. The first-order valence-corrected chi connectivity index (χ1v) is 16.0. The Bertz CT molecular complexity index is 421. The maximum absolute atomic E-state index is 6.90. The van der Waals surface area contributed by atoms with E-state index in [2.05, 4.69) is 67.7 Å². The lowest BCUT2D eigenvalue weighted by molar-refractivity contribution is 0.0205. The molecule has 25 heavy (non-hydrogen) atoms. The largest absolute Gasteiger partial charge is 0.411 e. The summed E-state index contributed by atoms with van der Waals surface area (Å²) in [4.78, 5) is 0. The first-order chi connectivity index (χ1) is 11.1. The van der Waals surface area contributed by atoms with Crippen molar-refractivity contribution in [1.82, 2.24) is 0 Å². The minimum atomic E-state index is -1.81. The molecule has 1 heterocycles. The average Bonchev–Trinajstić information content (AvgIpc) is 3.13. The van der Waals surface area contributed by atoms with Gasteiger partial charge in [-0.2, -0.15) is 0 Å². The van der Waals surface area contributed by atoms with Crippen molar-refractivity contribution in [2.24, 2.45) is 0 Å². The predicted octanol–water partition coefficient (Wildman–Crippen LogP) is 6.11. The Morgan fingerprint density at radius 2 is 0.960 bits per heavy atom. The van der Waals surface area contributed by atoms with Crippen LogP contribution in [0.1, 0.15) is 67.2 Å². The van der Waals surface area contributed by atoms with Gasteiger partial charge in [0.05, 0.1) is 24.4 Å². The lowest BCUT2D eigenvalue weighted by Crippen LogP contribution is -2.52. The molecule has 0 aromatic rings. The zero-order valence-corrected chi connectivity index (χ0v) is 20.4. The highest BCUT2D eigenvalue weighted by atomic mass is 28.4. The Morgan fingerprint density at radius 1 is 0.640 bits per heavy atom. The minimum Gasteiger partial charge on any atom is -0.411 e. The molecule has 0 bridgehead atoms. The van der Waals surface area contributed by atoms with E-state index in [9.17, 15) is 0 Å². The monoisotopic (exact) mass is 386 g/mol. The molecule has 0 N–H and O–H groups in total. The molecule has 0 unspecified atom stereocenters. The molecule has 2 rings (SSSR count). The third kappa shape index (κ3) is 5.19. The van der Waals surface area contributed by atoms with Gasteiger partial charge in [-0.15, -0.1) is 0 Å². The summed E-state index contributed by atoms with van der Waals surface area (Å²) in [5.74, 6) is 0. The second-order valence-corrected chi connectivity index (χ2v) is 20.7. The zero-order chi connectivity index (χ0) is 19.3. The standard InChI is InChI=1S/C20H42O3Si2/c1-19(2,3)24(7,8)22-17-13-11-15-16(21-15)12-14-18(17)23-25(9,10)20(4,5)6/h15-18H,11-14H2,1-10H3/t15-,16+,17+,18-. The first-order valence-electron chi connectivity index (χ1n) is 10.2. The summed E-state index contributed by atoms with van der Waals surface area (Å²) >= 11 is 0. The van der Waals surface area contributed by atoms with Crippen LogP contribution >= 0.6 is 0 Å². The van der Waals surface area contributed by atoms with Gasteiger partial charge < -0.3 is 13.6 Å². The van der Waals surface area contributed by atoms with Gasteiger partial charge in [-0.3, -0.25) is 0 Å². The molecule has 0 amide bonds. The highest BCUT2D eigenvalue weighted by Crippen LogP contribution is 2.44. The van der Waals surface area contributed by atoms with Crippen molar-refractivity contribution < 1.29 is 13.6 Å². The Kier molecular flexibility index (Phi) is 6.09. The summed E-state index contributed by atoms with van der Waals surface area (Å²) in [6.07, 6.45) is 5.82. The molecule has 0 aromatic heterocycles. The molecule has 1 saturated heterocycles. The fraction of sp³-hybridized carbons (Fsp3) is 1.00. The topological polar surface area (TPSA) is 31.0 Å². The van der Waals surface area contributed by atoms with E-state index < -0.39 is 16.6 Å². The third-order valence-electron chi connectivity index (χ3n) is 7.08. The fourth-order valence-electron chi connectivity index (χ4n) is 3.10. The maximum atomic E-state index is 6.90. The number of rotatable bonds is 4. The van der Waals surface area contributed by atoms with E-state index in [1.807, 2.05) is 0 Å². The second-order valence-electron chi connectivity index (χ2n) is 11.2. The van der Waals surface area contributed by atoms with E-state index in [0.717, 1.165) is 25.7 Å². The molecule has 148 valence electrons. The molecule has 1 aliphatic heterocycles. The molecule has 0 radical (unpaired) electrons. The van der Waals surface area contributed by atoms with Crippen LogP contribution in [0.5, 0.6) is 0 Å². The zero-order valence-electron chi connectivity index (χ0n) is 18.4. The van der Waals surface area contributed by atoms with E-state index in [-0.39, 0.29) is 22.3 Å². The van der Waals surface area contributed by atoms with Crippen LogP contribution in [0.15, 0.2) is 0 Å². The lowest BCUT2D eigenvalue weighted by atomic mass is 9.96. The SMILES string of the molecule is CC(C)(C)[Si](C)(C)O[C@H]1CC[C@H]2O[C@H]2CC[C@H]1O[Si](C)(C)C(C)(C)C. The van der Waals surface area contributed by atoms with Crippen molar-refractivity contribution >= 4 is 16.6 Å². The van der Waals surface area contributed by atoms with Gasteiger partial charge in [0.2, 0.25) is 0 Å². The average molecular weight is 387 g/mol. The fourth-order valence-corrected chi connectivity index (χ4v) is 5.86. The Hall–Kier alpha value is 0.314. The van der Waals surface area contributed by atoms with Crippen molar-refractivity contribution in [3.8, 4) is 0 Å². The van der Waals surface area contributed by atoms with Gasteiger partial charge in [0.1, 0.15) is 0 Å². The van der Waals surface area contributed by atoms with Crippen LogP contribution in [-0.2, 0) is 13.6 Å². The van der Waals surface area contributed by atoms with E-state index in [1.165, 1.54) is 0 Å². The van der Waals surface area contributed by atoms with Crippen LogP contribution in [-0.4, -0.2) is 41.1 Å². The molecular formula is C20H42O3Si2. The minimum absolute atomic E-state index is 0.222. The number of hydrogen-bond acceptors (Lipinski definition) is 3. The molecule has 2 fully saturated rings. The van der Waals surface area contributed by atoms with Crippen LogP contribution in [0.25, 0.3) is 0 Å². The molecule has 0 spiro atoms. The Labute approximate surface area is 158 Å². The van der Waals surface area contributed by atoms with Gasteiger partial charge in [-0.1, -0.05) is 41.5 Å². The van der Waals surface area contributed by atoms with Gasteiger partial charge in [-0.25, -0.2) is 0 Å². The molecule has 2 aliphatic rings. The summed E-state index contributed by atoms with van der Waals surface area (Å²) in [5.41, 5.74) is 0. The van der Waals surface area contributed by atoms with Gasteiger partial charge in [-0.05, 0) is 61.9 Å². The molecule has 1 aliphatic carbocycles. The van der Waals surface area contributed by atoms with E-state index in [4.69, 9.17) is 13.6 Å². The number of epoxide rings is 1. The molecular weight excluding hydrogens is 344 g/mol. The van der Waals surface area contributed by atoms with Gasteiger partial charge in [0.25, 0.3) is 0 Å². The molecule has 0 aromatic carbocycles. The van der Waals surface area contributed by atoms with Crippen molar-refractivity contribution in [2.45, 2.75) is 128 Å². The van der Waals surface area contributed by atoms with E-state index in [0.29, 0.717) is 12.2 Å². The molecule has 1 saturated carbocycles. The van der Waals surface area contributed by atoms with E-state index in [1.54, 1.807) is 0 Å². The molecule has 4 atom stereocenters. The number of hydrogen-bond donors (Lipinski definition) is 0. The first kappa shape index (κ1) is 21.6. The summed E-state index contributed by atoms with van der Waals surface area (Å²) in [7, 11) is -3.62. The molecule has 5 heteroatoms. The third-order valence-corrected chi connectivity index (χ3v) is 16.1. The van der Waals surface area contributed by atoms with Crippen LogP contribution < -0.4 is 0 Å². The Balaban J connectivity index is 2.18. The number of fused-ring (bicyclic) bond motifs is 1. The van der Waals surface area contributed by atoms with Gasteiger partial charge >= 0.3 is 0 Å². The van der Waals surface area contributed by atoms with Gasteiger partial charge in [0, 0.05) is 0 Å². The second kappa shape index (κ2) is 7.04. The normalized spacial score (nSPS) is 31.9. The summed E-state index contributed by atoms with van der Waals surface area (Å²) in [6, 6.07) is 0. The lowest BCUT2D eigenvalue weighted by Gasteiger charge is -2.45. The van der Waals surface area contributed by atoms with Crippen molar-refractivity contribution in [1.29, 1.82) is 0 Å². The summed E-state index contributed by atoms with van der Waals surface area (Å²) < 4.78 is 19.6. The number of ether oxygens (including phenoxy) is 1. The van der Waals surface area contributed by atoms with Crippen molar-refractivity contribution in [3.63, 3.8) is 0 Å². The van der Waals surface area contributed by atoms with E-state index >= 15 is 0 Å². The smallest absolute Gasteiger partial charge is 0.192 e. The highest BCUT2D eigenvalue weighted by Gasteiger charge is 2.48. The molecule has 3 nitrogen and oxygen atoms in total. The Morgan fingerprint density at radius 3 is 1.24 bits per heavy atom. The van der Waals surface area contributed by atoms with Gasteiger partial charge in [0.15, 0.2) is 16.6 Å². The van der Waals surface area contributed by atoms with Crippen LogP contribution in [0.3, 0.4) is 0 Å². The van der Waals surface area contributed by atoms with Crippen LogP contribution in [0.2, 0.25) is 36.3 Å². The quantitative estimate of drug-likeness (QED) is 0.431. The van der Waals surface area contributed by atoms with Crippen LogP contribution in [0, 0.1) is 0 Å². The van der Waals surface area contributed by atoms with Crippen molar-refractivity contribution in [3.05, 3.63) is 0 Å². The van der Waals surface area contributed by atoms with Crippen molar-refractivity contribution in [2.75, 3.05) is 0 Å². The maximum Gasteiger partial charge on any atom is 0.192 e. The summed E-state index contributed by atoms with van der Waals surface area (Å²) in [5, 5.41) is 0.463. The van der Waals surface area contributed by atoms with Crippen LogP contribution in [0.4, 0.5) is 0 Å². The summed E-state index contributed by atoms with van der Waals surface area (Å²) in [6.45, 7) is 23.4. The predicted molar refractivity (Wildman–Crippen MR) is 111 cm³/mol.